The summed E-state index contributed by atoms with van der Waals surface area (Å²) in [6.45, 7) is 4.59. The van der Waals surface area contributed by atoms with E-state index >= 15 is 0 Å². The third-order valence-corrected chi connectivity index (χ3v) is 3.84. The van der Waals surface area contributed by atoms with Crippen molar-refractivity contribution in [2.24, 2.45) is 5.92 Å². The minimum absolute atomic E-state index is 0.0474. The zero-order valence-electron chi connectivity index (χ0n) is 12.7. The van der Waals surface area contributed by atoms with E-state index in [4.69, 9.17) is 0 Å². The summed E-state index contributed by atoms with van der Waals surface area (Å²) in [7, 11) is 0. The van der Waals surface area contributed by atoms with Gasteiger partial charge >= 0.3 is 6.18 Å². The van der Waals surface area contributed by atoms with Crippen molar-refractivity contribution in [2.45, 2.75) is 38.9 Å². The predicted molar refractivity (Wildman–Crippen MR) is 77.5 cm³/mol. The summed E-state index contributed by atoms with van der Waals surface area (Å²) < 4.78 is 38.3. The highest BCUT2D eigenvalue weighted by atomic mass is 19.4. The van der Waals surface area contributed by atoms with Crippen molar-refractivity contribution in [3.05, 3.63) is 23.9 Å². The lowest BCUT2D eigenvalue weighted by molar-refractivity contribution is -0.141. The van der Waals surface area contributed by atoms with Crippen LogP contribution in [-0.4, -0.2) is 30.0 Å². The number of carbonyl (C=O) groups excluding carboxylic acids is 1. The number of hydrogen-bond donors (Lipinski definition) is 1. The summed E-state index contributed by atoms with van der Waals surface area (Å²) in [4.78, 5) is 16.8. The van der Waals surface area contributed by atoms with Crippen LogP contribution in [0.1, 0.15) is 32.4 Å². The van der Waals surface area contributed by atoms with Crippen LogP contribution in [0.2, 0.25) is 0 Å². The maximum atomic E-state index is 12.8. The number of carbonyl (C=O) groups is 1. The molecule has 7 heteroatoms. The number of amides is 1. The number of nitrogens with zero attached hydrogens (tertiary/aromatic N) is 2. The maximum Gasteiger partial charge on any atom is 0.433 e. The molecule has 1 aliphatic heterocycles. The monoisotopic (exact) mass is 315 g/mol. The van der Waals surface area contributed by atoms with Crippen LogP contribution in [0.5, 0.6) is 0 Å². The summed E-state index contributed by atoms with van der Waals surface area (Å²) >= 11 is 0. The molecule has 2 atom stereocenters. The number of halogens is 3. The van der Waals surface area contributed by atoms with Crippen LogP contribution in [0, 0.1) is 5.92 Å². The predicted octanol–water partition coefficient (Wildman–Crippen LogP) is 2.84. The third-order valence-electron chi connectivity index (χ3n) is 3.84. The van der Waals surface area contributed by atoms with Gasteiger partial charge in [-0.05, 0) is 24.5 Å². The lowest BCUT2D eigenvalue weighted by atomic mass is 9.98. The van der Waals surface area contributed by atoms with Crippen LogP contribution in [0.3, 0.4) is 0 Å². The second kappa shape index (κ2) is 6.54. The molecule has 4 nitrogen and oxygen atoms in total. The largest absolute Gasteiger partial charge is 0.433 e. The number of anilines is 1. The molecule has 0 saturated carbocycles. The van der Waals surface area contributed by atoms with Crippen molar-refractivity contribution in [1.82, 2.24) is 10.3 Å². The van der Waals surface area contributed by atoms with Crippen LogP contribution in [0.25, 0.3) is 0 Å². The molecule has 0 unspecified atom stereocenters. The highest BCUT2D eigenvalue weighted by Gasteiger charge is 2.36. The van der Waals surface area contributed by atoms with Gasteiger partial charge in [-0.25, -0.2) is 4.98 Å². The van der Waals surface area contributed by atoms with Gasteiger partial charge in [0.25, 0.3) is 0 Å². The van der Waals surface area contributed by atoms with Gasteiger partial charge in [0.15, 0.2) is 0 Å². The van der Waals surface area contributed by atoms with Gasteiger partial charge in [-0.2, -0.15) is 13.2 Å². The first kappa shape index (κ1) is 16.6. The SMILES string of the molecule is CCC[C@@H]1CN(c2cccc(C(F)(F)F)n2)C[C@H]1NC(C)=O. The van der Waals surface area contributed by atoms with Crippen molar-refractivity contribution in [1.29, 1.82) is 0 Å². The van der Waals surface area contributed by atoms with Gasteiger partial charge in [0.05, 0.1) is 6.04 Å². The minimum Gasteiger partial charge on any atom is -0.354 e. The molecule has 1 fully saturated rings. The molecule has 0 aromatic carbocycles. The number of aromatic nitrogens is 1. The van der Waals surface area contributed by atoms with Gasteiger partial charge in [0, 0.05) is 20.0 Å². The molecule has 0 spiro atoms. The van der Waals surface area contributed by atoms with Crippen LogP contribution in [0.15, 0.2) is 18.2 Å². The van der Waals surface area contributed by atoms with E-state index < -0.39 is 11.9 Å². The second-order valence-electron chi connectivity index (χ2n) is 5.64. The first-order valence-electron chi connectivity index (χ1n) is 7.37. The fraction of sp³-hybridized carbons (Fsp3) is 0.600. The van der Waals surface area contributed by atoms with Crippen LogP contribution >= 0.6 is 0 Å². The van der Waals surface area contributed by atoms with Crippen LogP contribution < -0.4 is 10.2 Å². The smallest absolute Gasteiger partial charge is 0.354 e. The van der Waals surface area contributed by atoms with Gasteiger partial charge in [0.1, 0.15) is 11.5 Å². The van der Waals surface area contributed by atoms with Gasteiger partial charge < -0.3 is 10.2 Å². The van der Waals surface area contributed by atoms with E-state index in [0.717, 1.165) is 18.9 Å². The Morgan fingerprint density at radius 2 is 2.14 bits per heavy atom. The Labute approximate surface area is 127 Å². The number of alkyl halides is 3. The normalized spacial score (nSPS) is 22.0. The Balaban J connectivity index is 2.17. The molecule has 22 heavy (non-hydrogen) atoms. The standard InChI is InChI=1S/C15H20F3N3O/c1-3-5-11-8-21(9-12(11)19-10(2)22)14-7-4-6-13(20-14)15(16,17)18/h4,6-7,11-12H,3,5,8-9H2,1-2H3,(H,19,22)/t11-,12-/m1/s1. The fourth-order valence-corrected chi connectivity index (χ4v) is 2.90. The summed E-state index contributed by atoms with van der Waals surface area (Å²) in [5.41, 5.74) is -0.889. The first-order valence-corrected chi connectivity index (χ1v) is 7.37. The van der Waals surface area contributed by atoms with Gasteiger partial charge in [-0.3, -0.25) is 4.79 Å². The summed E-state index contributed by atoms with van der Waals surface area (Å²) in [5.74, 6) is 0.416. The second-order valence-corrected chi connectivity index (χ2v) is 5.64. The molecule has 0 bridgehead atoms. The minimum atomic E-state index is -4.45. The molecular formula is C15H20F3N3O. The van der Waals surface area contributed by atoms with E-state index in [0.29, 0.717) is 18.9 Å². The van der Waals surface area contributed by atoms with Crippen molar-refractivity contribution >= 4 is 11.7 Å². The molecule has 1 aliphatic rings. The van der Waals surface area contributed by atoms with Gasteiger partial charge in [0.2, 0.25) is 5.91 Å². The zero-order valence-corrected chi connectivity index (χ0v) is 12.7. The Hall–Kier alpha value is -1.79. The summed E-state index contributed by atoms with van der Waals surface area (Å²) in [6.07, 6.45) is -2.57. The molecule has 2 rings (SSSR count). The maximum absolute atomic E-state index is 12.8. The molecule has 122 valence electrons. The van der Waals surface area contributed by atoms with E-state index in [-0.39, 0.29) is 17.9 Å². The summed E-state index contributed by atoms with van der Waals surface area (Å²) in [5, 5.41) is 2.89. The highest BCUT2D eigenvalue weighted by molar-refractivity contribution is 5.73. The fourth-order valence-electron chi connectivity index (χ4n) is 2.90. The lowest BCUT2D eigenvalue weighted by Gasteiger charge is -2.18. The Bertz CT molecular complexity index is 533. The number of hydrogen-bond acceptors (Lipinski definition) is 3. The van der Waals surface area contributed by atoms with Crippen molar-refractivity contribution in [3.63, 3.8) is 0 Å². The van der Waals surface area contributed by atoms with E-state index in [1.807, 2.05) is 4.90 Å². The van der Waals surface area contributed by atoms with Crippen molar-refractivity contribution < 1.29 is 18.0 Å². The lowest BCUT2D eigenvalue weighted by Crippen LogP contribution is -2.39. The quantitative estimate of drug-likeness (QED) is 0.929. The number of rotatable bonds is 4. The average Bonchev–Trinajstić information content (AvgIpc) is 2.81. The Morgan fingerprint density at radius 3 is 2.73 bits per heavy atom. The van der Waals surface area contributed by atoms with Crippen LogP contribution in [-0.2, 0) is 11.0 Å². The molecular weight excluding hydrogens is 295 g/mol. The summed E-state index contributed by atoms with van der Waals surface area (Å²) in [6, 6.07) is 3.86. The number of nitrogens with one attached hydrogen (secondary N) is 1. The highest BCUT2D eigenvalue weighted by Crippen LogP contribution is 2.31. The van der Waals surface area contributed by atoms with E-state index in [1.165, 1.54) is 13.0 Å². The van der Waals surface area contributed by atoms with Gasteiger partial charge in [-0.15, -0.1) is 0 Å². The van der Waals surface area contributed by atoms with Crippen molar-refractivity contribution in [3.8, 4) is 0 Å². The molecule has 1 amide bonds. The molecule has 1 saturated heterocycles. The molecule has 0 radical (unpaired) electrons. The Kier molecular flexibility index (Phi) is 4.93. The van der Waals surface area contributed by atoms with E-state index in [2.05, 4.69) is 17.2 Å². The Morgan fingerprint density at radius 1 is 1.41 bits per heavy atom. The van der Waals surface area contributed by atoms with E-state index in [9.17, 15) is 18.0 Å². The zero-order chi connectivity index (χ0) is 16.3. The van der Waals surface area contributed by atoms with Crippen LogP contribution in [0.4, 0.5) is 19.0 Å². The van der Waals surface area contributed by atoms with Crippen molar-refractivity contribution in [2.75, 3.05) is 18.0 Å². The molecule has 1 N–H and O–H groups in total. The topological polar surface area (TPSA) is 45.2 Å². The van der Waals surface area contributed by atoms with E-state index in [1.54, 1.807) is 6.07 Å². The molecule has 1 aromatic heterocycles. The molecule has 1 aromatic rings. The molecule has 0 aliphatic carbocycles. The third kappa shape index (κ3) is 3.90. The molecule has 2 heterocycles. The first-order chi connectivity index (χ1) is 10.3. The average molecular weight is 315 g/mol. The number of pyridine rings is 1. The van der Waals surface area contributed by atoms with Gasteiger partial charge in [-0.1, -0.05) is 19.4 Å².